The van der Waals surface area contributed by atoms with E-state index in [1.165, 1.54) is 4.31 Å². The van der Waals surface area contributed by atoms with E-state index in [1.807, 2.05) is 32.9 Å². The lowest BCUT2D eigenvalue weighted by molar-refractivity contribution is 0.319. The second-order valence-corrected chi connectivity index (χ2v) is 8.98. The van der Waals surface area contributed by atoms with Gasteiger partial charge in [-0.1, -0.05) is 0 Å². The lowest BCUT2D eigenvalue weighted by Gasteiger charge is -2.34. The minimum absolute atomic E-state index is 0.133. The molecule has 166 valence electrons. The van der Waals surface area contributed by atoms with Crippen LogP contribution in [0.5, 0.6) is 11.5 Å². The lowest BCUT2D eigenvalue weighted by Crippen LogP contribution is -2.49. The van der Waals surface area contributed by atoms with Crippen molar-refractivity contribution in [3.8, 4) is 11.5 Å². The first-order valence-electron chi connectivity index (χ1n) is 10.3. The molecule has 3 heterocycles. The van der Waals surface area contributed by atoms with Crippen LogP contribution in [0.1, 0.15) is 19.7 Å². The van der Waals surface area contributed by atoms with Crippen LogP contribution in [0.15, 0.2) is 35.2 Å². The number of fused-ring (bicyclic) bond motifs is 1. The van der Waals surface area contributed by atoms with Gasteiger partial charge in [0.25, 0.3) is 0 Å². The second-order valence-electron chi connectivity index (χ2n) is 7.07. The Balaban J connectivity index is 1.54. The first-order valence-corrected chi connectivity index (χ1v) is 11.7. The fraction of sp³-hybridized carbons (Fsp3) is 0.450. The van der Waals surface area contributed by atoms with Gasteiger partial charge in [-0.05, 0) is 45.0 Å². The van der Waals surface area contributed by atoms with Crippen molar-refractivity contribution < 1.29 is 17.9 Å². The molecule has 0 radical (unpaired) electrons. The zero-order valence-corrected chi connectivity index (χ0v) is 18.7. The summed E-state index contributed by atoms with van der Waals surface area (Å²) in [4.78, 5) is 2.19. The van der Waals surface area contributed by atoms with E-state index in [4.69, 9.17) is 9.47 Å². The van der Waals surface area contributed by atoms with Gasteiger partial charge in [0.15, 0.2) is 11.5 Å². The molecule has 1 aliphatic rings. The minimum Gasteiger partial charge on any atom is -0.494 e. The van der Waals surface area contributed by atoms with Crippen LogP contribution < -0.4 is 14.4 Å². The molecule has 0 atom stereocenters. The highest BCUT2D eigenvalue weighted by Gasteiger charge is 2.32. The summed E-state index contributed by atoms with van der Waals surface area (Å²) in [7, 11) is -3.74. The van der Waals surface area contributed by atoms with E-state index in [1.54, 1.807) is 22.7 Å². The van der Waals surface area contributed by atoms with Gasteiger partial charge < -0.3 is 14.4 Å². The minimum atomic E-state index is -3.74. The summed E-state index contributed by atoms with van der Waals surface area (Å²) >= 11 is 0. The SMILES string of the molecule is CCOc1ccc(OCC)c(S(=O)(=O)N2CCN(c3ccc4nnc(C)n4n3)CC2)c1. The zero-order valence-electron chi connectivity index (χ0n) is 17.9. The van der Waals surface area contributed by atoms with Gasteiger partial charge >= 0.3 is 0 Å². The predicted molar refractivity (Wildman–Crippen MR) is 115 cm³/mol. The van der Waals surface area contributed by atoms with Crippen molar-refractivity contribution in [1.82, 2.24) is 24.1 Å². The largest absolute Gasteiger partial charge is 0.494 e. The number of ether oxygens (including phenoxy) is 2. The van der Waals surface area contributed by atoms with Gasteiger partial charge in [0.05, 0.1) is 13.2 Å². The Kier molecular flexibility index (Phi) is 5.96. The molecule has 10 nitrogen and oxygen atoms in total. The molecule has 31 heavy (non-hydrogen) atoms. The summed E-state index contributed by atoms with van der Waals surface area (Å²) in [5.41, 5.74) is 0.681. The standard InChI is InChI=1S/C20H26N6O4S/c1-4-29-16-6-7-17(30-5-2)18(14-16)31(27,28)25-12-10-24(11-13-25)20-9-8-19-22-21-15(3)26(19)23-20/h6-9,14H,4-5,10-13H2,1-3H3. The van der Waals surface area contributed by atoms with E-state index < -0.39 is 10.0 Å². The molecular weight excluding hydrogens is 420 g/mol. The van der Waals surface area contributed by atoms with Gasteiger partial charge in [-0.25, -0.2) is 8.42 Å². The maximum atomic E-state index is 13.4. The molecule has 0 saturated carbocycles. The number of anilines is 1. The van der Waals surface area contributed by atoms with E-state index >= 15 is 0 Å². The normalized spacial score (nSPS) is 15.4. The number of hydrogen-bond donors (Lipinski definition) is 0. The number of hydrogen-bond acceptors (Lipinski definition) is 8. The summed E-state index contributed by atoms with van der Waals surface area (Å²) in [6.07, 6.45) is 0. The lowest BCUT2D eigenvalue weighted by atomic mass is 10.3. The smallest absolute Gasteiger partial charge is 0.247 e. The average Bonchev–Trinajstić information content (AvgIpc) is 3.15. The Labute approximate surface area is 181 Å². The second kappa shape index (κ2) is 8.67. The molecule has 4 rings (SSSR count). The van der Waals surface area contributed by atoms with E-state index in [9.17, 15) is 8.42 Å². The maximum absolute atomic E-state index is 13.4. The van der Waals surface area contributed by atoms with Crippen LogP contribution in [-0.2, 0) is 10.0 Å². The molecule has 1 aromatic carbocycles. The van der Waals surface area contributed by atoms with Gasteiger partial charge in [0.2, 0.25) is 10.0 Å². The molecule has 2 aromatic heterocycles. The van der Waals surface area contributed by atoms with E-state index in [-0.39, 0.29) is 4.90 Å². The zero-order chi connectivity index (χ0) is 22.0. The van der Waals surface area contributed by atoms with E-state index in [0.717, 1.165) is 5.82 Å². The molecule has 0 amide bonds. The summed E-state index contributed by atoms with van der Waals surface area (Å²) in [5.74, 6) is 2.31. The topological polar surface area (TPSA) is 102 Å². The van der Waals surface area contributed by atoms with Crippen LogP contribution in [0.25, 0.3) is 5.65 Å². The van der Waals surface area contributed by atoms with Crippen molar-refractivity contribution in [2.75, 3.05) is 44.3 Å². The first kappa shape index (κ1) is 21.3. The molecule has 0 bridgehead atoms. The Morgan fingerprint density at radius 2 is 1.71 bits per heavy atom. The van der Waals surface area contributed by atoms with E-state index in [0.29, 0.717) is 62.4 Å². The first-order chi connectivity index (χ1) is 14.9. The van der Waals surface area contributed by atoms with Crippen LogP contribution in [0.4, 0.5) is 5.82 Å². The van der Waals surface area contributed by atoms with Crippen molar-refractivity contribution in [1.29, 1.82) is 0 Å². The molecule has 0 aliphatic carbocycles. The molecule has 1 saturated heterocycles. The number of sulfonamides is 1. The average molecular weight is 447 g/mol. The van der Waals surface area contributed by atoms with Crippen LogP contribution in [-0.4, -0.2) is 71.9 Å². The highest BCUT2D eigenvalue weighted by molar-refractivity contribution is 7.89. The Hall–Kier alpha value is -2.92. The molecule has 0 spiro atoms. The number of piperazine rings is 1. The fourth-order valence-corrected chi connectivity index (χ4v) is 5.14. The number of nitrogens with zero attached hydrogens (tertiary/aromatic N) is 6. The third-order valence-electron chi connectivity index (χ3n) is 5.11. The Bertz CT molecular complexity index is 1170. The summed E-state index contributed by atoms with van der Waals surface area (Å²) < 4.78 is 41.1. The Morgan fingerprint density at radius 1 is 0.968 bits per heavy atom. The molecule has 3 aromatic rings. The number of aryl methyl sites for hydroxylation is 1. The summed E-state index contributed by atoms with van der Waals surface area (Å²) in [6, 6.07) is 8.66. The van der Waals surface area contributed by atoms with Gasteiger partial charge in [0.1, 0.15) is 22.2 Å². The molecule has 11 heteroatoms. The number of rotatable bonds is 7. The molecule has 0 unspecified atom stereocenters. The highest BCUT2D eigenvalue weighted by Crippen LogP contribution is 2.31. The van der Waals surface area contributed by atoms with Gasteiger partial charge in [0, 0.05) is 32.2 Å². The monoisotopic (exact) mass is 446 g/mol. The maximum Gasteiger partial charge on any atom is 0.247 e. The van der Waals surface area contributed by atoms with Gasteiger partial charge in [-0.2, -0.15) is 8.82 Å². The van der Waals surface area contributed by atoms with Gasteiger partial charge in [-0.3, -0.25) is 0 Å². The predicted octanol–water partition coefficient (Wildman–Crippen LogP) is 1.74. The number of benzene rings is 1. The third kappa shape index (κ3) is 4.15. The van der Waals surface area contributed by atoms with Crippen LogP contribution in [0.3, 0.4) is 0 Å². The molecule has 0 N–H and O–H groups in total. The van der Waals surface area contributed by atoms with Crippen molar-refractivity contribution in [2.45, 2.75) is 25.7 Å². The number of aromatic nitrogens is 4. The van der Waals surface area contributed by atoms with Crippen molar-refractivity contribution in [3.05, 3.63) is 36.2 Å². The fourth-order valence-electron chi connectivity index (χ4n) is 3.57. The van der Waals surface area contributed by atoms with E-state index in [2.05, 4.69) is 20.2 Å². The van der Waals surface area contributed by atoms with Crippen LogP contribution in [0.2, 0.25) is 0 Å². The highest BCUT2D eigenvalue weighted by atomic mass is 32.2. The molecule has 1 fully saturated rings. The summed E-state index contributed by atoms with van der Waals surface area (Å²) in [5, 5.41) is 12.7. The van der Waals surface area contributed by atoms with Crippen molar-refractivity contribution in [3.63, 3.8) is 0 Å². The summed E-state index contributed by atoms with van der Waals surface area (Å²) in [6.45, 7) is 8.08. The quantitative estimate of drug-likeness (QED) is 0.541. The van der Waals surface area contributed by atoms with Gasteiger partial charge in [-0.15, -0.1) is 15.3 Å². The van der Waals surface area contributed by atoms with Crippen molar-refractivity contribution >= 4 is 21.5 Å². The Morgan fingerprint density at radius 3 is 2.42 bits per heavy atom. The van der Waals surface area contributed by atoms with Crippen molar-refractivity contribution in [2.24, 2.45) is 0 Å². The molecular formula is C20H26N6O4S. The molecule has 1 aliphatic heterocycles. The van der Waals surface area contributed by atoms with Crippen LogP contribution in [0, 0.1) is 6.92 Å². The third-order valence-corrected chi connectivity index (χ3v) is 7.03. The van der Waals surface area contributed by atoms with Crippen LogP contribution >= 0.6 is 0 Å².